The highest BCUT2D eigenvalue weighted by atomic mass is 15.3. The van der Waals surface area contributed by atoms with Gasteiger partial charge in [-0.05, 0) is 12.1 Å². The molecule has 0 bridgehead atoms. The highest BCUT2D eigenvalue weighted by molar-refractivity contribution is 5.69. The van der Waals surface area contributed by atoms with Crippen LogP contribution in [0.1, 0.15) is 5.69 Å². The standard InChI is InChI=1S/C7H7N3/c1-2-7-6(8-4-1)3-5-9-10-7/h1-2,4-5,10H,3H2. The monoisotopic (exact) mass is 133 g/mol. The molecule has 1 aliphatic rings. The molecule has 0 radical (unpaired) electrons. The van der Waals surface area contributed by atoms with Crippen molar-refractivity contribution in [3.8, 4) is 0 Å². The van der Waals surface area contributed by atoms with E-state index in [-0.39, 0.29) is 0 Å². The lowest BCUT2D eigenvalue weighted by Crippen LogP contribution is -2.04. The molecule has 0 spiro atoms. The average Bonchev–Trinajstić information content (AvgIpc) is 2.05. The molecule has 50 valence electrons. The van der Waals surface area contributed by atoms with Crippen LogP contribution in [-0.2, 0) is 6.42 Å². The topological polar surface area (TPSA) is 37.3 Å². The highest BCUT2D eigenvalue weighted by Crippen LogP contribution is 2.14. The lowest BCUT2D eigenvalue weighted by Gasteiger charge is -2.08. The molecule has 10 heavy (non-hydrogen) atoms. The SMILES string of the molecule is C1=NNc2cccnc2C1. The highest BCUT2D eigenvalue weighted by Gasteiger charge is 2.02. The fourth-order valence-electron chi connectivity index (χ4n) is 0.950. The molecule has 0 unspecified atom stereocenters. The van der Waals surface area contributed by atoms with Gasteiger partial charge in [-0.1, -0.05) is 0 Å². The molecular formula is C7H7N3. The van der Waals surface area contributed by atoms with E-state index in [0.717, 1.165) is 17.8 Å². The first-order chi connectivity index (χ1) is 4.97. The van der Waals surface area contributed by atoms with E-state index in [1.165, 1.54) is 0 Å². The van der Waals surface area contributed by atoms with Crippen LogP contribution in [0.3, 0.4) is 0 Å². The van der Waals surface area contributed by atoms with Gasteiger partial charge < -0.3 is 0 Å². The summed E-state index contributed by atoms with van der Waals surface area (Å²) in [7, 11) is 0. The molecule has 3 nitrogen and oxygen atoms in total. The quantitative estimate of drug-likeness (QED) is 0.574. The minimum Gasteiger partial charge on any atom is -0.277 e. The molecule has 0 saturated carbocycles. The maximum absolute atomic E-state index is 4.17. The van der Waals surface area contributed by atoms with Crippen molar-refractivity contribution in [2.45, 2.75) is 6.42 Å². The van der Waals surface area contributed by atoms with Crippen molar-refractivity contribution in [3.63, 3.8) is 0 Å². The average molecular weight is 133 g/mol. The summed E-state index contributed by atoms with van der Waals surface area (Å²) in [6, 6.07) is 3.87. The van der Waals surface area contributed by atoms with Gasteiger partial charge in [0.15, 0.2) is 0 Å². The van der Waals surface area contributed by atoms with Crippen molar-refractivity contribution in [1.82, 2.24) is 4.98 Å². The van der Waals surface area contributed by atoms with Gasteiger partial charge in [0.25, 0.3) is 0 Å². The van der Waals surface area contributed by atoms with Crippen LogP contribution in [-0.4, -0.2) is 11.2 Å². The van der Waals surface area contributed by atoms with Gasteiger partial charge >= 0.3 is 0 Å². The third kappa shape index (κ3) is 0.757. The zero-order valence-corrected chi connectivity index (χ0v) is 5.41. The Hall–Kier alpha value is -1.38. The number of pyridine rings is 1. The summed E-state index contributed by atoms with van der Waals surface area (Å²) in [4.78, 5) is 4.17. The van der Waals surface area contributed by atoms with Crippen molar-refractivity contribution >= 4 is 11.9 Å². The van der Waals surface area contributed by atoms with Crippen LogP contribution in [0.2, 0.25) is 0 Å². The Kier molecular flexibility index (Phi) is 1.13. The van der Waals surface area contributed by atoms with Crippen LogP contribution in [0.4, 0.5) is 5.69 Å². The molecule has 2 heterocycles. The molecule has 0 aromatic carbocycles. The van der Waals surface area contributed by atoms with E-state index >= 15 is 0 Å². The van der Waals surface area contributed by atoms with Gasteiger partial charge in [-0.15, -0.1) is 0 Å². The van der Waals surface area contributed by atoms with Crippen LogP contribution < -0.4 is 5.43 Å². The van der Waals surface area contributed by atoms with Gasteiger partial charge in [-0.25, -0.2) is 0 Å². The van der Waals surface area contributed by atoms with E-state index in [2.05, 4.69) is 15.5 Å². The third-order valence-electron chi connectivity index (χ3n) is 1.45. The number of hydrazone groups is 1. The number of hydrogen-bond donors (Lipinski definition) is 1. The number of fused-ring (bicyclic) bond motifs is 1. The second kappa shape index (κ2) is 2.10. The fourth-order valence-corrected chi connectivity index (χ4v) is 0.950. The first kappa shape index (κ1) is 5.41. The predicted molar refractivity (Wildman–Crippen MR) is 40.1 cm³/mol. The maximum Gasteiger partial charge on any atom is 0.0780 e. The maximum atomic E-state index is 4.17. The zero-order chi connectivity index (χ0) is 6.81. The molecule has 0 fully saturated rings. The van der Waals surface area contributed by atoms with Crippen LogP contribution in [0.15, 0.2) is 23.4 Å². The number of hydrogen-bond acceptors (Lipinski definition) is 3. The number of nitrogens with zero attached hydrogens (tertiary/aromatic N) is 2. The van der Waals surface area contributed by atoms with Crippen molar-refractivity contribution in [3.05, 3.63) is 24.0 Å². The Bertz CT molecular complexity index is 240. The molecule has 0 saturated heterocycles. The molecule has 0 amide bonds. The van der Waals surface area contributed by atoms with Gasteiger partial charge in [-0.3, -0.25) is 10.4 Å². The summed E-state index contributed by atoms with van der Waals surface area (Å²) < 4.78 is 0. The van der Waals surface area contributed by atoms with Gasteiger partial charge in [0.1, 0.15) is 0 Å². The minimum absolute atomic E-state index is 0.836. The summed E-state index contributed by atoms with van der Waals surface area (Å²) in [5.74, 6) is 0. The first-order valence-corrected chi connectivity index (χ1v) is 3.18. The normalized spacial score (nSPS) is 14.0. The second-order valence-corrected chi connectivity index (χ2v) is 2.13. The lowest BCUT2D eigenvalue weighted by atomic mass is 10.2. The van der Waals surface area contributed by atoms with E-state index in [9.17, 15) is 0 Å². The van der Waals surface area contributed by atoms with Crippen LogP contribution >= 0.6 is 0 Å². The zero-order valence-electron chi connectivity index (χ0n) is 5.41. The Morgan fingerprint density at radius 1 is 1.50 bits per heavy atom. The Morgan fingerprint density at radius 2 is 2.50 bits per heavy atom. The fraction of sp³-hybridized carbons (Fsp3) is 0.143. The van der Waals surface area contributed by atoms with Gasteiger partial charge in [0.2, 0.25) is 0 Å². The van der Waals surface area contributed by atoms with Crippen molar-refractivity contribution in [1.29, 1.82) is 0 Å². The summed E-state index contributed by atoms with van der Waals surface area (Å²) in [5, 5.41) is 3.90. The molecule has 1 aromatic rings. The Labute approximate surface area is 58.8 Å². The van der Waals surface area contributed by atoms with Crippen molar-refractivity contribution in [2.75, 3.05) is 5.43 Å². The molecule has 1 aromatic heterocycles. The van der Waals surface area contributed by atoms with Crippen molar-refractivity contribution < 1.29 is 0 Å². The lowest BCUT2D eigenvalue weighted by molar-refractivity contribution is 1.10. The Balaban J connectivity index is 2.47. The summed E-state index contributed by atoms with van der Waals surface area (Å²) in [6.07, 6.45) is 4.44. The van der Waals surface area contributed by atoms with Crippen LogP contribution in [0, 0.1) is 0 Å². The molecule has 0 aliphatic carbocycles. The summed E-state index contributed by atoms with van der Waals surface area (Å²) >= 11 is 0. The third-order valence-corrected chi connectivity index (χ3v) is 1.45. The number of rotatable bonds is 0. The molecule has 1 N–H and O–H groups in total. The number of anilines is 1. The van der Waals surface area contributed by atoms with Gasteiger partial charge in [0.05, 0.1) is 11.4 Å². The molecule has 0 atom stereocenters. The number of nitrogens with one attached hydrogen (secondary N) is 1. The van der Waals surface area contributed by atoms with E-state index in [1.807, 2.05) is 18.3 Å². The second-order valence-electron chi connectivity index (χ2n) is 2.13. The summed E-state index contributed by atoms with van der Waals surface area (Å²) in [6.45, 7) is 0. The van der Waals surface area contributed by atoms with Crippen LogP contribution in [0.5, 0.6) is 0 Å². The molecular weight excluding hydrogens is 126 g/mol. The summed E-state index contributed by atoms with van der Waals surface area (Å²) in [5.41, 5.74) is 4.96. The van der Waals surface area contributed by atoms with E-state index in [1.54, 1.807) is 6.20 Å². The van der Waals surface area contributed by atoms with E-state index < -0.39 is 0 Å². The number of aromatic nitrogens is 1. The van der Waals surface area contributed by atoms with Gasteiger partial charge in [-0.2, -0.15) is 5.10 Å². The molecule has 3 heteroatoms. The largest absolute Gasteiger partial charge is 0.277 e. The van der Waals surface area contributed by atoms with E-state index in [4.69, 9.17) is 0 Å². The first-order valence-electron chi connectivity index (χ1n) is 3.18. The van der Waals surface area contributed by atoms with E-state index in [0.29, 0.717) is 0 Å². The minimum atomic E-state index is 0.836. The molecule has 1 aliphatic heterocycles. The molecule has 2 rings (SSSR count). The Morgan fingerprint density at radius 3 is 3.40 bits per heavy atom. The smallest absolute Gasteiger partial charge is 0.0780 e. The van der Waals surface area contributed by atoms with Crippen molar-refractivity contribution in [2.24, 2.45) is 5.10 Å². The van der Waals surface area contributed by atoms with Crippen LogP contribution in [0.25, 0.3) is 0 Å². The predicted octanol–water partition coefficient (Wildman–Crippen LogP) is 1.04. The van der Waals surface area contributed by atoms with Gasteiger partial charge in [0, 0.05) is 18.8 Å².